The van der Waals surface area contributed by atoms with Gasteiger partial charge < -0.3 is 0 Å². The van der Waals surface area contributed by atoms with Gasteiger partial charge in [0.15, 0.2) is 17.5 Å². The summed E-state index contributed by atoms with van der Waals surface area (Å²) in [7, 11) is 0. The fourth-order valence-corrected chi connectivity index (χ4v) is 8.80. The summed E-state index contributed by atoms with van der Waals surface area (Å²) in [6, 6.07) is 55.1. The molecular weight excluding hydrogens is 649 g/mol. The fraction of sp³-hybridized carbons (Fsp3) is 0. The van der Waals surface area contributed by atoms with Crippen molar-refractivity contribution in [1.82, 2.24) is 19.9 Å². The second kappa shape index (κ2) is 11.8. The van der Waals surface area contributed by atoms with E-state index < -0.39 is 0 Å². The molecule has 0 aliphatic rings. The monoisotopic (exact) mass is 674 g/mol. The number of hydrogen-bond acceptors (Lipinski definition) is 6. The van der Waals surface area contributed by atoms with Crippen molar-refractivity contribution in [3.05, 3.63) is 158 Å². The Hall–Kier alpha value is -6.08. The van der Waals surface area contributed by atoms with E-state index >= 15 is 0 Å². The van der Waals surface area contributed by atoms with E-state index in [1.54, 1.807) is 22.7 Å². The Morgan fingerprint density at radius 1 is 0.360 bits per heavy atom. The first-order chi connectivity index (χ1) is 24.7. The lowest BCUT2D eigenvalue weighted by Crippen LogP contribution is -2.00. The lowest BCUT2D eigenvalue weighted by atomic mass is 10.0. The van der Waals surface area contributed by atoms with Crippen LogP contribution in [0.5, 0.6) is 0 Å². The molecule has 4 nitrogen and oxygen atoms in total. The molecule has 0 N–H and O–H groups in total. The first-order valence-corrected chi connectivity index (χ1v) is 18.1. The SMILES string of the molecule is c1ccc(-c2ccc(-c3nc(-c4ccc5ccccc5c4)nc(-c4cccc5sc6cc7nc(-c8ccccc8)sc7cc6c45)n3)cc2)cc1. The van der Waals surface area contributed by atoms with Crippen LogP contribution < -0.4 is 0 Å². The van der Waals surface area contributed by atoms with Crippen LogP contribution in [0.15, 0.2) is 158 Å². The maximum Gasteiger partial charge on any atom is 0.164 e. The Morgan fingerprint density at radius 2 is 1.00 bits per heavy atom. The predicted octanol–water partition coefficient (Wildman–Crippen LogP) is 12.3. The molecule has 3 heterocycles. The summed E-state index contributed by atoms with van der Waals surface area (Å²) in [5.41, 5.74) is 7.38. The number of thiazole rings is 1. The van der Waals surface area contributed by atoms with Crippen LogP contribution in [0.4, 0.5) is 0 Å². The maximum atomic E-state index is 5.19. The first-order valence-electron chi connectivity index (χ1n) is 16.5. The van der Waals surface area contributed by atoms with Crippen LogP contribution in [0.2, 0.25) is 0 Å². The van der Waals surface area contributed by atoms with E-state index in [4.69, 9.17) is 19.9 Å². The van der Waals surface area contributed by atoms with Gasteiger partial charge in [-0.2, -0.15) is 0 Å². The van der Waals surface area contributed by atoms with Crippen LogP contribution in [-0.2, 0) is 0 Å². The van der Waals surface area contributed by atoms with E-state index in [1.165, 1.54) is 25.7 Å². The predicted molar refractivity (Wildman–Crippen MR) is 211 cm³/mol. The van der Waals surface area contributed by atoms with Crippen molar-refractivity contribution in [3.8, 4) is 55.9 Å². The molecule has 0 saturated carbocycles. The third kappa shape index (κ3) is 5.05. The zero-order valence-corrected chi connectivity index (χ0v) is 28.2. The van der Waals surface area contributed by atoms with Crippen molar-refractivity contribution in [2.45, 2.75) is 0 Å². The number of benzene rings is 7. The molecule has 0 aliphatic carbocycles. The minimum Gasteiger partial charge on any atom is -0.236 e. The molecule has 0 radical (unpaired) electrons. The van der Waals surface area contributed by atoms with Gasteiger partial charge in [0, 0.05) is 42.4 Å². The molecule has 0 aliphatic heterocycles. The van der Waals surface area contributed by atoms with E-state index in [0.717, 1.165) is 53.8 Å². The summed E-state index contributed by atoms with van der Waals surface area (Å²) in [5, 5.41) is 5.71. The fourth-order valence-electron chi connectivity index (χ4n) is 6.66. The van der Waals surface area contributed by atoms with Gasteiger partial charge >= 0.3 is 0 Å². The van der Waals surface area contributed by atoms with Crippen LogP contribution in [0, 0.1) is 0 Å². The maximum absolute atomic E-state index is 5.19. The molecule has 0 saturated heterocycles. The number of fused-ring (bicyclic) bond motifs is 5. The molecule has 10 rings (SSSR count). The van der Waals surface area contributed by atoms with E-state index in [0.29, 0.717) is 17.5 Å². The van der Waals surface area contributed by atoms with Crippen LogP contribution in [0.1, 0.15) is 0 Å². The van der Waals surface area contributed by atoms with Crippen molar-refractivity contribution < 1.29 is 0 Å². The molecular formula is C44H26N4S2. The second-order valence-corrected chi connectivity index (χ2v) is 14.4. The molecule has 0 amide bonds. The summed E-state index contributed by atoms with van der Waals surface area (Å²) >= 11 is 3.52. The van der Waals surface area contributed by atoms with Gasteiger partial charge in [0.1, 0.15) is 5.01 Å². The van der Waals surface area contributed by atoms with Crippen molar-refractivity contribution >= 4 is 63.8 Å². The van der Waals surface area contributed by atoms with Crippen LogP contribution in [0.25, 0.3) is 97.0 Å². The van der Waals surface area contributed by atoms with Crippen LogP contribution in [0.3, 0.4) is 0 Å². The zero-order chi connectivity index (χ0) is 33.0. The van der Waals surface area contributed by atoms with Crippen molar-refractivity contribution in [1.29, 1.82) is 0 Å². The summed E-state index contributed by atoms with van der Waals surface area (Å²) in [4.78, 5) is 20.5. The average Bonchev–Trinajstić information content (AvgIpc) is 3.78. The van der Waals surface area contributed by atoms with Gasteiger partial charge in [-0.3, -0.25) is 0 Å². The molecule has 0 atom stereocenters. The smallest absolute Gasteiger partial charge is 0.164 e. The molecule has 0 bridgehead atoms. The third-order valence-corrected chi connectivity index (χ3v) is 11.3. The molecule has 0 spiro atoms. The first kappa shape index (κ1) is 28.9. The lowest BCUT2D eigenvalue weighted by molar-refractivity contribution is 1.08. The van der Waals surface area contributed by atoms with Gasteiger partial charge in [-0.1, -0.05) is 133 Å². The van der Waals surface area contributed by atoms with Gasteiger partial charge in [-0.25, -0.2) is 19.9 Å². The molecule has 10 aromatic rings. The Morgan fingerprint density at radius 3 is 1.80 bits per heavy atom. The highest BCUT2D eigenvalue weighted by molar-refractivity contribution is 7.26. The highest BCUT2D eigenvalue weighted by atomic mass is 32.1. The molecule has 234 valence electrons. The number of thiophene rings is 1. The van der Waals surface area contributed by atoms with Gasteiger partial charge in [0.2, 0.25) is 0 Å². The Labute approximate surface area is 296 Å². The molecule has 7 aromatic carbocycles. The normalized spacial score (nSPS) is 11.6. The molecule has 3 aromatic heterocycles. The topological polar surface area (TPSA) is 51.6 Å². The van der Waals surface area contributed by atoms with Crippen molar-refractivity contribution in [2.75, 3.05) is 0 Å². The molecule has 50 heavy (non-hydrogen) atoms. The van der Waals surface area contributed by atoms with Gasteiger partial charge in [-0.05, 0) is 46.2 Å². The van der Waals surface area contributed by atoms with E-state index in [-0.39, 0.29) is 0 Å². The quantitative estimate of drug-likeness (QED) is 0.182. The number of rotatable bonds is 5. The van der Waals surface area contributed by atoms with Crippen molar-refractivity contribution in [2.24, 2.45) is 0 Å². The Balaban J connectivity index is 1.16. The minimum atomic E-state index is 0.645. The summed E-state index contributed by atoms with van der Waals surface area (Å²) in [6.45, 7) is 0. The third-order valence-electron chi connectivity index (χ3n) is 9.16. The average molecular weight is 675 g/mol. The second-order valence-electron chi connectivity index (χ2n) is 12.3. The van der Waals surface area contributed by atoms with Gasteiger partial charge in [0.25, 0.3) is 0 Å². The summed E-state index contributed by atoms with van der Waals surface area (Å²) < 4.78 is 3.56. The Bertz CT molecular complexity index is 2860. The largest absolute Gasteiger partial charge is 0.236 e. The highest BCUT2D eigenvalue weighted by Gasteiger charge is 2.19. The number of nitrogens with zero attached hydrogens (tertiary/aromatic N) is 4. The number of hydrogen-bond donors (Lipinski definition) is 0. The zero-order valence-electron chi connectivity index (χ0n) is 26.6. The number of aromatic nitrogens is 4. The molecule has 6 heteroatoms. The van der Waals surface area contributed by atoms with E-state index in [9.17, 15) is 0 Å². The van der Waals surface area contributed by atoms with Crippen LogP contribution in [-0.4, -0.2) is 19.9 Å². The van der Waals surface area contributed by atoms with Crippen molar-refractivity contribution in [3.63, 3.8) is 0 Å². The van der Waals surface area contributed by atoms with Crippen LogP contribution >= 0.6 is 22.7 Å². The minimum absolute atomic E-state index is 0.645. The highest BCUT2D eigenvalue weighted by Crippen LogP contribution is 2.43. The van der Waals surface area contributed by atoms with E-state index in [1.807, 2.05) is 12.1 Å². The van der Waals surface area contributed by atoms with Gasteiger partial charge in [-0.15, -0.1) is 22.7 Å². The molecule has 0 fully saturated rings. The van der Waals surface area contributed by atoms with Gasteiger partial charge in [0.05, 0.1) is 10.2 Å². The molecule has 0 unspecified atom stereocenters. The summed E-state index contributed by atoms with van der Waals surface area (Å²) in [5.74, 6) is 1.95. The lowest BCUT2D eigenvalue weighted by Gasteiger charge is -2.11. The van der Waals surface area contributed by atoms with E-state index in [2.05, 4.69) is 146 Å². The summed E-state index contributed by atoms with van der Waals surface area (Å²) in [6.07, 6.45) is 0. The Kier molecular flexibility index (Phi) is 6.82. The standard InChI is InChI=1S/C44H26N4S2/c1-3-10-27(11-4-1)29-18-21-30(22-19-29)41-46-42(33-23-20-28-12-7-8-15-32(28)24-33)48-43(47-41)34-16-9-17-37-40(34)35-25-39-36(26-38(35)49-37)45-44(50-39)31-13-5-2-6-14-31/h1-26H.